The van der Waals surface area contributed by atoms with Crippen molar-refractivity contribution in [1.29, 1.82) is 0 Å². The Morgan fingerprint density at radius 2 is 2.00 bits per heavy atom. The van der Waals surface area contributed by atoms with Gasteiger partial charge < -0.3 is 4.74 Å². The highest BCUT2D eigenvalue weighted by atomic mass is 16.5. The van der Waals surface area contributed by atoms with Crippen molar-refractivity contribution in [3.8, 4) is 0 Å². The molecule has 1 aliphatic carbocycles. The van der Waals surface area contributed by atoms with Crippen LogP contribution in [0.2, 0.25) is 0 Å². The third kappa shape index (κ3) is 2.30. The highest BCUT2D eigenvalue weighted by molar-refractivity contribution is 5.31. The molecule has 0 radical (unpaired) electrons. The normalized spacial score (nSPS) is 28.0. The van der Waals surface area contributed by atoms with E-state index in [1.165, 1.54) is 37.7 Å². The molecule has 0 amide bonds. The first kappa shape index (κ1) is 11.7. The van der Waals surface area contributed by atoms with Crippen LogP contribution in [0.15, 0.2) is 30.3 Å². The second-order valence-corrected chi connectivity index (χ2v) is 4.89. The van der Waals surface area contributed by atoms with Crippen molar-refractivity contribution in [3.63, 3.8) is 0 Å². The highest BCUT2D eigenvalue weighted by Gasteiger charge is 2.54. The van der Waals surface area contributed by atoms with E-state index in [1.807, 2.05) is 7.11 Å². The first-order valence-electron chi connectivity index (χ1n) is 6.42. The van der Waals surface area contributed by atoms with Crippen molar-refractivity contribution in [2.45, 2.75) is 50.5 Å². The first-order valence-corrected chi connectivity index (χ1v) is 6.42. The molecule has 0 saturated heterocycles. The van der Waals surface area contributed by atoms with Crippen LogP contribution >= 0.6 is 0 Å². The van der Waals surface area contributed by atoms with Gasteiger partial charge in [-0.3, -0.25) is 0 Å². The largest absolute Gasteiger partial charge is 0.378 e. The predicted molar refractivity (Wildman–Crippen MR) is 67.7 cm³/mol. The molecule has 0 unspecified atom stereocenters. The zero-order valence-corrected chi connectivity index (χ0v) is 10.4. The molecule has 16 heavy (non-hydrogen) atoms. The summed E-state index contributed by atoms with van der Waals surface area (Å²) in [4.78, 5) is 0. The molecule has 0 aliphatic heterocycles. The molecule has 0 aromatic heterocycles. The minimum Gasteiger partial charge on any atom is -0.378 e. The molecule has 1 aliphatic rings. The minimum absolute atomic E-state index is 0.163. The molecule has 1 aromatic rings. The van der Waals surface area contributed by atoms with Crippen LogP contribution in [0, 0.1) is 0 Å². The summed E-state index contributed by atoms with van der Waals surface area (Å²) in [5.74, 6) is 0.635. The van der Waals surface area contributed by atoms with E-state index in [0.717, 1.165) is 0 Å². The number of unbranched alkanes of at least 4 members (excludes halogenated alkanes) is 2. The maximum Gasteiger partial charge on any atom is 0.0754 e. The molecule has 1 heteroatoms. The van der Waals surface area contributed by atoms with Crippen molar-refractivity contribution < 1.29 is 4.74 Å². The maximum absolute atomic E-state index is 5.76. The minimum atomic E-state index is 0.163. The average Bonchev–Trinajstić information content (AvgIpc) is 3.06. The lowest BCUT2D eigenvalue weighted by molar-refractivity contribution is 0.0648. The molecule has 1 fully saturated rings. The van der Waals surface area contributed by atoms with E-state index < -0.39 is 0 Å². The molecule has 0 heterocycles. The standard InChI is InChI=1S/C15H22O/c1-3-4-8-11-15(16-2)12-14(15)13-9-6-5-7-10-13/h5-7,9-10,14H,3-4,8,11-12H2,1-2H3/t14-,15-/m0/s1. The number of rotatable bonds is 6. The van der Waals surface area contributed by atoms with Crippen LogP contribution in [-0.4, -0.2) is 12.7 Å². The summed E-state index contributed by atoms with van der Waals surface area (Å²) in [6, 6.07) is 10.8. The number of hydrogen-bond donors (Lipinski definition) is 0. The Bertz CT molecular complexity index is 319. The molecule has 2 rings (SSSR count). The van der Waals surface area contributed by atoms with Gasteiger partial charge in [-0.1, -0.05) is 56.5 Å². The Hall–Kier alpha value is -0.820. The van der Waals surface area contributed by atoms with Crippen molar-refractivity contribution in [1.82, 2.24) is 0 Å². The van der Waals surface area contributed by atoms with E-state index in [9.17, 15) is 0 Å². The third-order valence-electron chi connectivity index (χ3n) is 3.84. The first-order chi connectivity index (χ1) is 7.82. The van der Waals surface area contributed by atoms with Gasteiger partial charge >= 0.3 is 0 Å². The van der Waals surface area contributed by atoms with Crippen molar-refractivity contribution >= 4 is 0 Å². The van der Waals surface area contributed by atoms with Gasteiger partial charge in [0.15, 0.2) is 0 Å². The van der Waals surface area contributed by atoms with Crippen LogP contribution in [0.3, 0.4) is 0 Å². The molecular formula is C15H22O. The fraction of sp³-hybridized carbons (Fsp3) is 0.600. The van der Waals surface area contributed by atoms with Crippen molar-refractivity contribution in [2.24, 2.45) is 0 Å². The number of hydrogen-bond acceptors (Lipinski definition) is 1. The zero-order valence-electron chi connectivity index (χ0n) is 10.4. The Morgan fingerprint density at radius 3 is 2.62 bits per heavy atom. The lowest BCUT2D eigenvalue weighted by Crippen LogP contribution is -2.14. The van der Waals surface area contributed by atoms with Gasteiger partial charge in [0, 0.05) is 13.0 Å². The average molecular weight is 218 g/mol. The molecule has 0 bridgehead atoms. The SMILES string of the molecule is CCCCC[C@]1(OC)C[C@H]1c1ccccc1. The fourth-order valence-electron chi connectivity index (χ4n) is 2.67. The van der Waals surface area contributed by atoms with Gasteiger partial charge in [-0.25, -0.2) is 0 Å². The van der Waals surface area contributed by atoms with E-state index in [1.54, 1.807) is 0 Å². The maximum atomic E-state index is 5.76. The zero-order chi connectivity index (χ0) is 11.4. The smallest absolute Gasteiger partial charge is 0.0754 e. The van der Waals surface area contributed by atoms with Gasteiger partial charge in [0.05, 0.1) is 5.60 Å². The van der Waals surface area contributed by atoms with E-state index in [4.69, 9.17) is 4.74 Å². The van der Waals surface area contributed by atoms with Crippen LogP contribution in [0.4, 0.5) is 0 Å². The summed E-state index contributed by atoms with van der Waals surface area (Å²) < 4.78 is 5.76. The summed E-state index contributed by atoms with van der Waals surface area (Å²) in [6.45, 7) is 2.25. The number of benzene rings is 1. The Morgan fingerprint density at radius 1 is 1.25 bits per heavy atom. The van der Waals surface area contributed by atoms with E-state index in [-0.39, 0.29) is 5.60 Å². The fourth-order valence-corrected chi connectivity index (χ4v) is 2.67. The van der Waals surface area contributed by atoms with Crippen LogP contribution in [0.1, 0.15) is 50.5 Å². The molecule has 1 saturated carbocycles. The third-order valence-corrected chi connectivity index (χ3v) is 3.84. The van der Waals surface area contributed by atoms with Gasteiger partial charge in [-0.2, -0.15) is 0 Å². The number of methoxy groups -OCH3 is 1. The molecule has 0 N–H and O–H groups in total. The van der Waals surface area contributed by atoms with E-state index >= 15 is 0 Å². The monoisotopic (exact) mass is 218 g/mol. The summed E-state index contributed by atoms with van der Waals surface area (Å²) in [5.41, 5.74) is 1.61. The summed E-state index contributed by atoms with van der Waals surface area (Å²) in [7, 11) is 1.87. The lowest BCUT2D eigenvalue weighted by Gasteiger charge is -2.15. The second-order valence-electron chi connectivity index (χ2n) is 4.89. The lowest BCUT2D eigenvalue weighted by atomic mass is 10.0. The van der Waals surface area contributed by atoms with E-state index in [0.29, 0.717) is 5.92 Å². The van der Waals surface area contributed by atoms with Crippen LogP contribution < -0.4 is 0 Å². The van der Waals surface area contributed by atoms with Crippen LogP contribution in [-0.2, 0) is 4.74 Å². The quantitative estimate of drug-likeness (QED) is 0.652. The van der Waals surface area contributed by atoms with Gasteiger partial charge in [0.25, 0.3) is 0 Å². The molecule has 1 nitrogen and oxygen atoms in total. The van der Waals surface area contributed by atoms with Crippen molar-refractivity contribution in [3.05, 3.63) is 35.9 Å². The van der Waals surface area contributed by atoms with E-state index in [2.05, 4.69) is 37.3 Å². The van der Waals surface area contributed by atoms with Gasteiger partial charge in [-0.05, 0) is 18.4 Å². The molecule has 1 aromatic carbocycles. The van der Waals surface area contributed by atoms with Gasteiger partial charge in [0.2, 0.25) is 0 Å². The predicted octanol–water partition coefficient (Wildman–Crippen LogP) is 4.14. The second kappa shape index (κ2) is 5.01. The molecule has 88 valence electrons. The van der Waals surface area contributed by atoms with Gasteiger partial charge in [0.1, 0.15) is 0 Å². The number of ether oxygens (including phenoxy) is 1. The Labute approximate surface area is 98.8 Å². The van der Waals surface area contributed by atoms with Crippen LogP contribution in [0.5, 0.6) is 0 Å². The topological polar surface area (TPSA) is 9.23 Å². The Kier molecular flexibility index (Phi) is 3.65. The molecular weight excluding hydrogens is 196 g/mol. The Balaban J connectivity index is 1.95. The van der Waals surface area contributed by atoms with Crippen molar-refractivity contribution in [2.75, 3.05) is 7.11 Å². The summed E-state index contributed by atoms with van der Waals surface area (Å²) >= 11 is 0. The van der Waals surface area contributed by atoms with Crippen LogP contribution in [0.25, 0.3) is 0 Å². The van der Waals surface area contributed by atoms with Gasteiger partial charge in [-0.15, -0.1) is 0 Å². The highest BCUT2D eigenvalue weighted by Crippen LogP contribution is 2.56. The summed E-state index contributed by atoms with van der Waals surface area (Å²) in [5, 5.41) is 0. The summed E-state index contributed by atoms with van der Waals surface area (Å²) in [6.07, 6.45) is 6.34. The molecule has 0 spiro atoms. The molecule has 2 atom stereocenters.